The van der Waals surface area contributed by atoms with Crippen LogP contribution < -0.4 is 10.1 Å². The molecule has 2 aromatic rings. The van der Waals surface area contributed by atoms with E-state index in [2.05, 4.69) is 17.2 Å². The van der Waals surface area contributed by atoms with Gasteiger partial charge in [0.2, 0.25) is 0 Å². The molecule has 4 heteroatoms. The van der Waals surface area contributed by atoms with Crippen LogP contribution in [0, 0.1) is 0 Å². The number of aromatic nitrogens is 1. The highest BCUT2D eigenvalue weighted by atomic mass is 16.5. The van der Waals surface area contributed by atoms with Gasteiger partial charge in [0, 0.05) is 38.1 Å². The van der Waals surface area contributed by atoms with Crippen LogP contribution >= 0.6 is 0 Å². The van der Waals surface area contributed by atoms with Gasteiger partial charge in [-0.05, 0) is 18.7 Å². The Morgan fingerprint density at radius 2 is 2.05 bits per heavy atom. The van der Waals surface area contributed by atoms with E-state index in [0.29, 0.717) is 13.2 Å². The molecule has 0 spiro atoms. The van der Waals surface area contributed by atoms with Gasteiger partial charge in [-0.2, -0.15) is 0 Å². The van der Waals surface area contributed by atoms with Gasteiger partial charge < -0.3 is 14.8 Å². The molecule has 0 bridgehead atoms. The maximum absolute atomic E-state index is 5.89. The first kappa shape index (κ1) is 14.8. The monoisotopic (exact) mass is 274 g/mol. The Hall–Kier alpha value is -1.65. The lowest BCUT2D eigenvalue weighted by Gasteiger charge is -2.11. The molecular formula is C16H22N2O2. The number of fused-ring (bicyclic) bond motifs is 1. The molecule has 1 heterocycles. The normalized spacial score (nSPS) is 10.9. The van der Waals surface area contributed by atoms with Crippen molar-refractivity contribution in [2.24, 2.45) is 0 Å². The van der Waals surface area contributed by atoms with Crippen LogP contribution in [0.1, 0.15) is 19.0 Å². The van der Waals surface area contributed by atoms with Gasteiger partial charge in [-0.25, -0.2) is 0 Å². The second kappa shape index (κ2) is 7.82. The van der Waals surface area contributed by atoms with Crippen molar-refractivity contribution in [2.75, 3.05) is 26.9 Å². The molecule has 0 aliphatic rings. The molecule has 0 saturated heterocycles. The molecule has 20 heavy (non-hydrogen) atoms. The van der Waals surface area contributed by atoms with Crippen LogP contribution in [-0.2, 0) is 11.3 Å². The Morgan fingerprint density at radius 1 is 1.20 bits per heavy atom. The molecule has 0 aliphatic heterocycles. The molecule has 0 fully saturated rings. The van der Waals surface area contributed by atoms with Crippen molar-refractivity contribution in [3.8, 4) is 5.75 Å². The van der Waals surface area contributed by atoms with Crippen molar-refractivity contribution in [2.45, 2.75) is 19.9 Å². The lowest BCUT2D eigenvalue weighted by Crippen LogP contribution is -2.13. The number of para-hydroxylation sites is 1. The molecule has 4 nitrogen and oxygen atoms in total. The molecule has 1 aromatic heterocycles. The van der Waals surface area contributed by atoms with E-state index in [1.165, 1.54) is 0 Å². The van der Waals surface area contributed by atoms with Crippen molar-refractivity contribution in [3.63, 3.8) is 0 Å². The number of hydrogen-bond acceptors (Lipinski definition) is 4. The van der Waals surface area contributed by atoms with Gasteiger partial charge >= 0.3 is 0 Å². The number of rotatable bonds is 8. The summed E-state index contributed by atoms with van der Waals surface area (Å²) >= 11 is 0. The van der Waals surface area contributed by atoms with Gasteiger partial charge in [0.1, 0.15) is 5.75 Å². The summed E-state index contributed by atoms with van der Waals surface area (Å²) < 4.78 is 10.9. The molecule has 0 saturated carbocycles. The van der Waals surface area contributed by atoms with E-state index in [1.54, 1.807) is 7.11 Å². The zero-order valence-electron chi connectivity index (χ0n) is 12.2. The number of nitrogens with zero attached hydrogens (tertiary/aromatic N) is 1. The van der Waals surface area contributed by atoms with Crippen LogP contribution in [-0.4, -0.2) is 31.9 Å². The van der Waals surface area contributed by atoms with Crippen LogP contribution in [0.2, 0.25) is 0 Å². The first-order chi connectivity index (χ1) is 9.85. The summed E-state index contributed by atoms with van der Waals surface area (Å²) in [7, 11) is 1.70. The van der Waals surface area contributed by atoms with Gasteiger partial charge in [0.15, 0.2) is 0 Å². The third-order valence-electron chi connectivity index (χ3n) is 3.04. The van der Waals surface area contributed by atoms with Crippen LogP contribution in [0.5, 0.6) is 5.75 Å². The van der Waals surface area contributed by atoms with E-state index in [9.17, 15) is 0 Å². The quantitative estimate of drug-likeness (QED) is 0.752. The fraction of sp³-hybridized carbons (Fsp3) is 0.438. The predicted octanol–water partition coefficient (Wildman–Crippen LogP) is 2.76. The van der Waals surface area contributed by atoms with Crippen LogP contribution in [0.4, 0.5) is 0 Å². The summed E-state index contributed by atoms with van der Waals surface area (Å²) in [6.45, 7) is 5.15. The first-order valence-corrected chi connectivity index (χ1v) is 7.06. The van der Waals surface area contributed by atoms with Gasteiger partial charge in [0.05, 0.1) is 17.8 Å². The van der Waals surface area contributed by atoms with E-state index in [4.69, 9.17) is 9.47 Å². The van der Waals surface area contributed by atoms with Crippen molar-refractivity contribution < 1.29 is 9.47 Å². The molecule has 0 amide bonds. The number of hydrogen-bond donors (Lipinski definition) is 1. The van der Waals surface area contributed by atoms with E-state index < -0.39 is 0 Å². The maximum Gasteiger partial charge on any atom is 0.130 e. The number of pyridine rings is 1. The Labute approximate surface area is 120 Å². The van der Waals surface area contributed by atoms with Crippen molar-refractivity contribution in [3.05, 3.63) is 36.0 Å². The molecule has 1 N–H and O–H groups in total. The molecule has 0 radical (unpaired) electrons. The maximum atomic E-state index is 5.89. The largest absolute Gasteiger partial charge is 0.493 e. The summed E-state index contributed by atoms with van der Waals surface area (Å²) in [4.78, 5) is 4.65. The van der Waals surface area contributed by atoms with Crippen molar-refractivity contribution >= 4 is 10.9 Å². The SMILES string of the molecule is CCNCc1cc(OCCCOC)c2ccccc2n1. The summed E-state index contributed by atoms with van der Waals surface area (Å²) in [5.41, 5.74) is 1.98. The van der Waals surface area contributed by atoms with Crippen LogP contribution in [0.3, 0.4) is 0 Å². The van der Waals surface area contributed by atoms with Crippen LogP contribution in [0.15, 0.2) is 30.3 Å². The minimum absolute atomic E-state index is 0.655. The molecule has 0 aliphatic carbocycles. The summed E-state index contributed by atoms with van der Waals surface area (Å²) in [6, 6.07) is 10.1. The standard InChI is InChI=1S/C16H22N2O2/c1-3-17-12-13-11-16(20-10-6-9-19-2)14-7-4-5-8-15(14)18-13/h4-5,7-8,11,17H,3,6,9-10,12H2,1-2H3. The van der Waals surface area contributed by atoms with Gasteiger partial charge in [0.25, 0.3) is 0 Å². The Bertz CT molecular complexity index is 543. The van der Waals surface area contributed by atoms with Crippen LogP contribution in [0.25, 0.3) is 10.9 Å². The molecular weight excluding hydrogens is 252 g/mol. The molecule has 2 rings (SSSR count). The minimum Gasteiger partial charge on any atom is -0.493 e. The number of benzene rings is 1. The topological polar surface area (TPSA) is 43.4 Å². The highest BCUT2D eigenvalue weighted by Crippen LogP contribution is 2.25. The Kier molecular flexibility index (Phi) is 5.77. The number of ether oxygens (including phenoxy) is 2. The van der Waals surface area contributed by atoms with E-state index in [1.807, 2.05) is 30.3 Å². The third-order valence-corrected chi connectivity index (χ3v) is 3.04. The highest BCUT2D eigenvalue weighted by molar-refractivity contribution is 5.85. The van der Waals surface area contributed by atoms with E-state index >= 15 is 0 Å². The lowest BCUT2D eigenvalue weighted by atomic mass is 10.2. The van der Waals surface area contributed by atoms with Gasteiger partial charge in [-0.1, -0.05) is 19.1 Å². The zero-order chi connectivity index (χ0) is 14.2. The second-order valence-corrected chi connectivity index (χ2v) is 4.60. The molecule has 1 aromatic carbocycles. The Morgan fingerprint density at radius 3 is 2.85 bits per heavy atom. The first-order valence-electron chi connectivity index (χ1n) is 7.06. The summed E-state index contributed by atoms with van der Waals surface area (Å²) in [5, 5.41) is 4.36. The Balaban J connectivity index is 2.19. The summed E-state index contributed by atoms with van der Waals surface area (Å²) in [6.07, 6.45) is 0.885. The van der Waals surface area contributed by atoms with Crippen molar-refractivity contribution in [1.82, 2.24) is 10.3 Å². The minimum atomic E-state index is 0.655. The van der Waals surface area contributed by atoms with E-state index in [-0.39, 0.29) is 0 Å². The zero-order valence-corrected chi connectivity index (χ0v) is 12.2. The van der Waals surface area contributed by atoms with E-state index in [0.717, 1.165) is 41.9 Å². The molecule has 108 valence electrons. The number of methoxy groups -OCH3 is 1. The molecule has 0 unspecified atom stereocenters. The molecule has 0 atom stereocenters. The second-order valence-electron chi connectivity index (χ2n) is 4.60. The fourth-order valence-corrected chi connectivity index (χ4v) is 2.04. The summed E-state index contributed by atoms with van der Waals surface area (Å²) in [5.74, 6) is 0.902. The smallest absolute Gasteiger partial charge is 0.130 e. The number of nitrogens with one attached hydrogen (secondary N) is 1. The third kappa shape index (κ3) is 3.92. The van der Waals surface area contributed by atoms with Gasteiger partial charge in [-0.15, -0.1) is 0 Å². The predicted molar refractivity (Wildman–Crippen MR) is 81.1 cm³/mol. The highest BCUT2D eigenvalue weighted by Gasteiger charge is 2.06. The fourth-order valence-electron chi connectivity index (χ4n) is 2.04. The average molecular weight is 274 g/mol. The average Bonchev–Trinajstić information content (AvgIpc) is 2.49. The van der Waals surface area contributed by atoms with Crippen molar-refractivity contribution in [1.29, 1.82) is 0 Å². The lowest BCUT2D eigenvalue weighted by molar-refractivity contribution is 0.172. The van der Waals surface area contributed by atoms with Gasteiger partial charge in [-0.3, -0.25) is 4.98 Å².